The first-order chi connectivity index (χ1) is 10.5. The van der Waals surface area contributed by atoms with Gasteiger partial charge in [-0.2, -0.15) is 4.39 Å². The summed E-state index contributed by atoms with van der Waals surface area (Å²) in [6.45, 7) is 7.99. The van der Waals surface area contributed by atoms with E-state index in [1.54, 1.807) is 6.07 Å². The van der Waals surface area contributed by atoms with E-state index in [2.05, 4.69) is 24.1 Å². The number of nitrogens with zero attached hydrogens (tertiary/aromatic N) is 2. The van der Waals surface area contributed by atoms with Crippen LogP contribution in [-0.2, 0) is 0 Å². The summed E-state index contributed by atoms with van der Waals surface area (Å²) in [5.41, 5.74) is 0.415. The summed E-state index contributed by atoms with van der Waals surface area (Å²) in [6.07, 6.45) is 1.97. The van der Waals surface area contributed by atoms with Crippen molar-refractivity contribution in [2.24, 2.45) is 5.92 Å². The van der Waals surface area contributed by atoms with Crippen LogP contribution in [0, 0.1) is 21.8 Å². The molecular formula is C16H24FN3O2. The molecule has 1 aromatic carbocycles. The Morgan fingerprint density at radius 3 is 2.59 bits per heavy atom. The molecule has 0 radical (unpaired) electrons. The van der Waals surface area contributed by atoms with Crippen LogP contribution < -0.4 is 5.32 Å². The number of hydrogen-bond acceptors (Lipinski definition) is 4. The summed E-state index contributed by atoms with van der Waals surface area (Å²) >= 11 is 0. The molecule has 1 atom stereocenters. The fraction of sp³-hybridized carbons (Fsp3) is 0.625. The van der Waals surface area contributed by atoms with Crippen molar-refractivity contribution in [2.45, 2.75) is 32.7 Å². The van der Waals surface area contributed by atoms with Crippen LogP contribution in [0.4, 0.5) is 10.1 Å². The summed E-state index contributed by atoms with van der Waals surface area (Å²) in [7, 11) is 0. The van der Waals surface area contributed by atoms with Gasteiger partial charge in [0.1, 0.15) is 0 Å². The third kappa shape index (κ3) is 4.24. The van der Waals surface area contributed by atoms with E-state index in [1.165, 1.54) is 12.1 Å². The molecule has 1 fully saturated rings. The Morgan fingerprint density at radius 2 is 2.00 bits per heavy atom. The van der Waals surface area contributed by atoms with Crippen LogP contribution in [0.1, 0.15) is 38.3 Å². The monoisotopic (exact) mass is 309 g/mol. The predicted octanol–water partition coefficient (Wildman–Crippen LogP) is 3.12. The lowest BCUT2D eigenvalue weighted by Gasteiger charge is -2.35. The normalized spacial score (nSPS) is 17.6. The first kappa shape index (κ1) is 16.8. The minimum atomic E-state index is -0.767. The number of rotatable bonds is 6. The van der Waals surface area contributed by atoms with Gasteiger partial charge in [-0.1, -0.05) is 19.9 Å². The van der Waals surface area contributed by atoms with Crippen molar-refractivity contribution in [3.8, 4) is 0 Å². The van der Waals surface area contributed by atoms with Crippen LogP contribution in [0.3, 0.4) is 0 Å². The quantitative estimate of drug-likeness (QED) is 0.648. The van der Waals surface area contributed by atoms with Crippen molar-refractivity contribution in [1.82, 2.24) is 10.2 Å². The van der Waals surface area contributed by atoms with Crippen molar-refractivity contribution in [3.05, 3.63) is 39.7 Å². The molecule has 0 unspecified atom stereocenters. The van der Waals surface area contributed by atoms with Gasteiger partial charge in [-0.3, -0.25) is 15.0 Å². The Morgan fingerprint density at radius 1 is 1.32 bits per heavy atom. The van der Waals surface area contributed by atoms with Gasteiger partial charge in [-0.05, 0) is 30.4 Å². The second-order valence-corrected chi connectivity index (χ2v) is 6.24. The summed E-state index contributed by atoms with van der Waals surface area (Å²) in [5, 5.41) is 14.3. The molecule has 0 spiro atoms. The fourth-order valence-corrected chi connectivity index (χ4v) is 2.92. The van der Waals surface area contributed by atoms with Crippen molar-refractivity contribution >= 4 is 5.69 Å². The number of hydrogen-bond donors (Lipinski definition) is 1. The molecular weight excluding hydrogens is 285 g/mol. The number of halogens is 1. The Hall–Kier alpha value is -1.53. The predicted molar refractivity (Wildman–Crippen MR) is 84.3 cm³/mol. The van der Waals surface area contributed by atoms with Gasteiger partial charge >= 0.3 is 5.69 Å². The SMILES string of the molecule is CC(C)CC[C@H](c1ccc(F)c([N+](=O)[O-])c1)N1CCNCC1. The summed E-state index contributed by atoms with van der Waals surface area (Å²) in [4.78, 5) is 12.7. The van der Waals surface area contributed by atoms with Gasteiger partial charge in [0.05, 0.1) is 4.92 Å². The zero-order valence-corrected chi connectivity index (χ0v) is 13.2. The Bertz CT molecular complexity index is 516. The number of nitro groups is 1. The molecule has 1 N–H and O–H groups in total. The molecule has 0 amide bonds. The molecule has 1 aliphatic heterocycles. The molecule has 22 heavy (non-hydrogen) atoms. The molecule has 2 rings (SSSR count). The van der Waals surface area contributed by atoms with E-state index in [4.69, 9.17) is 0 Å². The first-order valence-electron chi connectivity index (χ1n) is 7.87. The van der Waals surface area contributed by atoms with Crippen LogP contribution in [0.25, 0.3) is 0 Å². The van der Waals surface area contributed by atoms with E-state index >= 15 is 0 Å². The number of benzene rings is 1. The third-order valence-electron chi connectivity index (χ3n) is 4.16. The lowest BCUT2D eigenvalue weighted by molar-refractivity contribution is -0.387. The van der Waals surface area contributed by atoms with Gasteiger partial charge in [0, 0.05) is 38.3 Å². The maximum Gasteiger partial charge on any atom is 0.305 e. The first-order valence-corrected chi connectivity index (χ1v) is 7.87. The van der Waals surface area contributed by atoms with Crippen LogP contribution in [-0.4, -0.2) is 36.0 Å². The van der Waals surface area contributed by atoms with Crippen LogP contribution in [0.15, 0.2) is 18.2 Å². The van der Waals surface area contributed by atoms with Crippen LogP contribution >= 0.6 is 0 Å². The number of nitro benzene ring substituents is 1. The zero-order chi connectivity index (χ0) is 16.1. The highest BCUT2D eigenvalue weighted by Crippen LogP contribution is 2.31. The van der Waals surface area contributed by atoms with Crippen molar-refractivity contribution < 1.29 is 9.31 Å². The van der Waals surface area contributed by atoms with Gasteiger partial charge in [0.15, 0.2) is 0 Å². The Labute approximate surface area is 130 Å². The average Bonchev–Trinajstić information content (AvgIpc) is 2.49. The molecule has 1 heterocycles. The molecule has 0 aromatic heterocycles. The summed E-state index contributed by atoms with van der Waals surface area (Å²) in [6, 6.07) is 4.43. The third-order valence-corrected chi connectivity index (χ3v) is 4.16. The van der Waals surface area contributed by atoms with E-state index in [1.807, 2.05) is 0 Å². The maximum atomic E-state index is 13.6. The molecule has 1 saturated heterocycles. The van der Waals surface area contributed by atoms with E-state index in [0.717, 1.165) is 44.6 Å². The van der Waals surface area contributed by atoms with Gasteiger partial charge in [0.2, 0.25) is 5.82 Å². The molecule has 0 bridgehead atoms. The van der Waals surface area contributed by atoms with Gasteiger partial charge in [-0.15, -0.1) is 0 Å². The lowest BCUT2D eigenvalue weighted by atomic mass is 9.95. The molecule has 1 aliphatic rings. The van der Waals surface area contributed by atoms with E-state index in [9.17, 15) is 14.5 Å². The fourth-order valence-electron chi connectivity index (χ4n) is 2.92. The van der Waals surface area contributed by atoms with Crippen molar-refractivity contribution in [2.75, 3.05) is 26.2 Å². The smallest absolute Gasteiger partial charge is 0.305 e. The van der Waals surface area contributed by atoms with Gasteiger partial charge in [0.25, 0.3) is 0 Å². The second-order valence-electron chi connectivity index (χ2n) is 6.24. The van der Waals surface area contributed by atoms with E-state index < -0.39 is 16.4 Å². The molecule has 5 nitrogen and oxygen atoms in total. The van der Waals surface area contributed by atoms with Crippen LogP contribution in [0.5, 0.6) is 0 Å². The summed E-state index contributed by atoms with van der Waals surface area (Å²) in [5.74, 6) is -0.197. The van der Waals surface area contributed by atoms with E-state index in [-0.39, 0.29) is 6.04 Å². The Kier molecular flexibility index (Phi) is 5.85. The average molecular weight is 309 g/mol. The zero-order valence-electron chi connectivity index (χ0n) is 13.2. The highest BCUT2D eigenvalue weighted by Gasteiger charge is 2.25. The largest absolute Gasteiger partial charge is 0.314 e. The summed E-state index contributed by atoms with van der Waals surface area (Å²) < 4.78 is 13.6. The minimum Gasteiger partial charge on any atom is -0.314 e. The lowest BCUT2D eigenvalue weighted by Crippen LogP contribution is -2.45. The highest BCUT2D eigenvalue weighted by molar-refractivity contribution is 5.37. The Balaban J connectivity index is 2.26. The van der Waals surface area contributed by atoms with Crippen molar-refractivity contribution in [3.63, 3.8) is 0 Å². The van der Waals surface area contributed by atoms with Gasteiger partial charge in [-0.25, -0.2) is 0 Å². The van der Waals surface area contributed by atoms with Crippen molar-refractivity contribution in [1.29, 1.82) is 0 Å². The number of piperazine rings is 1. The minimum absolute atomic E-state index is 0.115. The second kappa shape index (κ2) is 7.65. The van der Waals surface area contributed by atoms with E-state index in [0.29, 0.717) is 5.92 Å². The highest BCUT2D eigenvalue weighted by atomic mass is 19.1. The number of nitrogens with one attached hydrogen (secondary N) is 1. The molecule has 0 aliphatic carbocycles. The molecule has 122 valence electrons. The topological polar surface area (TPSA) is 58.4 Å². The maximum absolute atomic E-state index is 13.6. The molecule has 6 heteroatoms. The van der Waals surface area contributed by atoms with Gasteiger partial charge < -0.3 is 5.32 Å². The molecule has 0 saturated carbocycles. The van der Waals surface area contributed by atoms with Crippen LogP contribution in [0.2, 0.25) is 0 Å². The standard InChI is InChI=1S/C16H24FN3O2/c1-12(2)3-6-15(19-9-7-18-8-10-19)13-4-5-14(17)16(11-13)20(21)22/h4-5,11-12,15,18H,3,6-10H2,1-2H3/t15-/m1/s1. The molecule has 1 aromatic rings.